The number of halogens is 1. The van der Waals surface area contributed by atoms with Crippen LogP contribution in [-0.2, 0) is 16.6 Å². The Morgan fingerprint density at radius 1 is 1.19 bits per heavy atom. The zero-order chi connectivity index (χ0) is 19.4. The van der Waals surface area contributed by atoms with Gasteiger partial charge in [0.1, 0.15) is 5.82 Å². The highest BCUT2D eigenvalue weighted by Crippen LogP contribution is 2.24. The fourth-order valence-corrected chi connectivity index (χ4v) is 3.56. The van der Waals surface area contributed by atoms with Crippen molar-refractivity contribution in [2.24, 2.45) is 12.8 Å². The van der Waals surface area contributed by atoms with Gasteiger partial charge in [0, 0.05) is 25.7 Å². The largest absolute Gasteiger partial charge is 0.370 e. The summed E-state index contributed by atoms with van der Waals surface area (Å²) in [6.45, 7) is 0.142. The summed E-state index contributed by atoms with van der Waals surface area (Å²) in [5, 5.41) is 0.721. The maximum Gasteiger partial charge on any atom is 0.237 e. The number of imidazole rings is 1. The van der Waals surface area contributed by atoms with E-state index < -0.39 is 11.7 Å². The van der Waals surface area contributed by atoms with E-state index in [4.69, 9.17) is 5.73 Å². The number of carbonyl (C=O) groups is 2. The summed E-state index contributed by atoms with van der Waals surface area (Å²) in [7, 11) is 1.90. The van der Waals surface area contributed by atoms with Gasteiger partial charge in [-0.05, 0) is 36.4 Å². The smallest absolute Gasteiger partial charge is 0.237 e. The molecule has 1 heterocycles. The molecule has 2 N–H and O–H groups in total. The van der Waals surface area contributed by atoms with Gasteiger partial charge in [-0.15, -0.1) is 0 Å². The van der Waals surface area contributed by atoms with Crippen LogP contribution in [0, 0.1) is 5.82 Å². The lowest BCUT2D eigenvalue weighted by Crippen LogP contribution is -2.35. The molecule has 6 nitrogen and oxygen atoms in total. The van der Waals surface area contributed by atoms with Crippen molar-refractivity contribution in [2.75, 3.05) is 17.2 Å². The molecule has 0 atom stereocenters. The van der Waals surface area contributed by atoms with Crippen molar-refractivity contribution < 1.29 is 14.0 Å². The number of aryl methyl sites for hydroxylation is 1. The van der Waals surface area contributed by atoms with Crippen LogP contribution in [0.5, 0.6) is 0 Å². The summed E-state index contributed by atoms with van der Waals surface area (Å²) in [6, 6.07) is 13.3. The Bertz CT molecular complexity index is 972. The van der Waals surface area contributed by atoms with Gasteiger partial charge in [0.25, 0.3) is 0 Å². The number of nitrogens with zero attached hydrogens (tertiary/aromatic N) is 3. The first kappa shape index (κ1) is 18.9. The molecule has 8 heteroatoms. The van der Waals surface area contributed by atoms with E-state index in [1.54, 1.807) is 0 Å². The standard InChI is InChI=1S/C19H19FN4O2S/c1-23-16-5-3-2-4-15(16)22-19(23)27-12-18(26)24(11-10-17(21)25)14-8-6-13(20)7-9-14/h2-9H,10-12H2,1H3,(H2,21,25). The lowest BCUT2D eigenvalue weighted by atomic mass is 10.2. The number of rotatable bonds is 7. The summed E-state index contributed by atoms with van der Waals surface area (Å²) in [5.74, 6) is -0.972. The minimum absolute atomic E-state index is 0.0279. The molecule has 0 unspecified atom stereocenters. The van der Waals surface area contributed by atoms with Gasteiger partial charge >= 0.3 is 0 Å². The van der Waals surface area contributed by atoms with E-state index >= 15 is 0 Å². The Hall–Kier alpha value is -2.87. The Balaban J connectivity index is 1.75. The van der Waals surface area contributed by atoms with E-state index in [9.17, 15) is 14.0 Å². The number of thioether (sulfide) groups is 1. The number of para-hydroxylation sites is 2. The van der Waals surface area contributed by atoms with Crippen LogP contribution in [-0.4, -0.2) is 33.7 Å². The second-order valence-corrected chi connectivity index (χ2v) is 6.91. The molecular formula is C19H19FN4O2S. The number of anilines is 1. The van der Waals surface area contributed by atoms with Crippen molar-refractivity contribution in [3.05, 3.63) is 54.3 Å². The van der Waals surface area contributed by atoms with Crippen LogP contribution in [0.2, 0.25) is 0 Å². The second-order valence-electron chi connectivity index (χ2n) is 5.97. The van der Waals surface area contributed by atoms with Gasteiger partial charge < -0.3 is 15.2 Å². The number of amides is 2. The van der Waals surface area contributed by atoms with Crippen LogP contribution >= 0.6 is 11.8 Å². The molecule has 27 heavy (non-hydrogen) atoms. The van der Waals surface area contributed by atoms with Crippen LogP contribution in [0.15, 0.2) is 53.7 Å². The highest BCUT2D eigenvalue weighted by Gasteiger charge is 2.18. The summed E-state index contributed by atoms with van der Waals surface area (Å²) in [4.78, 5) is 29.9. The Kier molecular flexibility index (Phi) is 5.75. The third-order valence-corrected chi connectivity index (χ3v) is 5.11. The Labute approximate surface area is 160 Å². The zero-order valence-corrected chi connectivity index (χ0v) is 15.6. The fourth-order valence-electron chi connectivity index (χ4n) is 2.70. The second kappa shape index (κ2) is 8.22. The van der Waals surface area contributed by atoms with E-state index in [0.29, 0.717) is 5.69 Å². The number of benzene rings is 2. The highest BCUT2D eigenvalue weighted by molar-refractivity contribution is 7.99. The van der Waals surface area contributed by atoms with Gasteiger partial charge in [-0.1, -0.05) is 23.9 Å². The molecule has 0 aliphatic carbocycles. The summed E-state index contributed by atoms with van der Waals surface area (Å²) in [5.41, 5.74) is 7.58. The summed E-state index contributed by atoms with van der Waals surface area (Å²) < 4.78 is 15.1. The van der Waals surface area contributed by atoms with Crippen LogP contribution in [0.1, 0.15) is 6.42 Å². The average molecular weight is 386 g/mol. The molecule has 2 amide bonds. The highest BCUT2D eigenvalue weighted by atomic mass is 32.2. The van der Waals surface area contributed by atoms with E-state index in [1.165, 1.54) is 40.9 Å². The number of nitrogens with two attached hydrogens (primary N) is 1. The molecular weight excluding hydrogens is 367 g/mol. The lowest BCUT2D eigenvalue weighted by molar-refractivity contribution is -0.118. The Morgan fingerprint density at radius 3 is 2.56 bits per heavy atom. The number of hydrogen-bond donors (Lipinski definition) is 1. The average Bonchev–Trinajstić information content (AvgIpc) is 2.97. The predicted octanol–water partition coefficient (Wildman–Crippen LogP) is 2.71. The van der Waals surface area contributed by atoms with Crippen LogP contribution in [0.25, 0.3) is 11.0 Å². The molecule has 1 aromatic heterocycles. The monoisotopic (exact) mass is 386 g/mol. The molecule has 0 aliphatic rings. The minimum Gasteiger partial charge on any atom is -0.370 e. The third-order valence-electron chi connectivity index (χ3n) is 4.09. The maximum absolute atomic E-state index is 13.2. The zero-order valence-electron chi connectivity index (χ0n) is 14.8. The molecule has 3 rings (SSSR count). The molecule has 0 radical (unpaired) electrons. The van der Waals surface area contributed by atoms with Crippen molar-refractivity contribution in [3.63, 3.8) is 0 Å². The first-order valence-corrected chi connectivity index (χ1v) is 9.33. The number of carbonyl (C=O) groups excluding carboxylic acids is 2. The molecule has 0 saturated carbocycles. The molecule has 3 aromatic rings. The fraction of sp³-hybridized carbons (Fsp3) is 0.211. The molecule has 0 bridgehead atoms. The SMILES string of the molecule is Cn1c(SCC(=O)N(CCC(N)=O)c2ccc(F)cc2)nc2ccccc21. The van der Waals surface area contributed by atoms with Gasteiger partial charge in [0.2, 0.25) is 11.8 Å². The number of aromatic nitrogens is 2. The normalized spacial score (nSPS) is 10.9. The molecule has 0 aliphatic heterocycles. The predicted molar refractivity (Wildman–Crippen MR) is 104 cm³/mol. The van der Waals surface area contributed by atoms with E-state index in [-0.39, 0.29) is 24.6 Å². The molecule has 0 saturated heterocycles. The summed E-state index contributed by atoms with van der Waals surface area (Å²) in [6.07, 6.45) is 0.0279. The van der Waals surface area contributed by atoms with Gasteiger partial charge in [-0.25, -0.2) is 9.37 Å². The van der Waals surface area contributed by atoms with Crippen molar-refractivity contribution in [2.45, 2.75) is 11.6 Å². The van der Waals surface area contributed by atoms with Crippen LogP contribution in [0.3, 0.4) is 0 Å². The van der Waals surface area contributed by atoms with Crippen molar-refractivity contribution in [1.29, 1.82) is 0 Å². The van der Waals surface area contributed by atoms with Gasteiger partial charge in [-0.3, -0.25) is 9.59 Å². The first-order chi connectivity index (χ1) is 13.0. The number of fused-ring (bicyclic) bond motifs is 1. The lowest BCUT2D eigenvalue weighted by Gasteiger charge is -2.22. The molecule has 140 valence electrons. The number of hydrogen-bond acceptors (Lipinski definition) is 4. The van der Waals surface area contributed by atoms with Crippen LogP contribution in [0.4, 0.5) is 10.1 Å². The maximum atomic E-state index is 13.2. The van der Waals surface area contributed by atoms with E-state index in [0.717, 1.165) is 16.2 Å². The van der Waals surface area contributed by atoms with Gasteiger partial charge in [-0.2, -0.15) is 0 Å². The molecule has 0 fully saturated rings. The van der Waals surface area contributed by atoms with Crippen molar-refractivity contribution >= 4 is 40.3 Å². The van der Waals surface area contributed by atoms with E-state index in [2.05, 4.69) is 4.98 Å². The molecule has 2 aromatic carbocycles. The Morgan fingerprint density at radius 2 is 1.89 bits per heavy atom. The quantitative estimate of drug-likeness (QED) is 0.633. The number of primary amides is 1. The topological polar surface area (TPSA) is 81.2 Å². The van der Waals surface area contributed by atoms with Gasteiger partial charge in [0.05, 0.1) is 16.8 Å². The molecule has 0 spiro atoms. The van der Waals surface area contributed by atoms with E-state index in [1.807, 2.05) is 35.9 Å². The van der Waals surface area contributed by atoms with Crippen LogP contribution < -0.4 is 10.6 Å². The first-order valence-electron chi connectivity index (χ1n) is 8.34. The third kappa shape index (κ3) is 4.46. The minimum atomic E-state index is -0.502. The summed E-state index contributed by atoms with van der Waals surface area (Å²) >= 11 is 1.31. The van der Waals surface area contributed by atoms with Crippen molar-refractivity contribution in [3.8, 4) is 0 Å². The van der Waals surface area contributed by atoms with Gasteiger partial charge in [0.15, 0.2) is 5.16 Å². The van der Waals surface area contributed by atoms with Crippen molar-refractivity contribution in [1.82, 2.24) is 9.55 Å².